The van der Waals surface area contributed by atoms with Gasteiger partial charge in [-0.2, -0.15) is 13.2 Å². The summed E-state index contributed by atoms with van der Waals surface area (Å²) in [7, 11) is 1.96. The van der Waals surface area contributed by atoms with E-state index in [4.69, 9.17) is 10.5 Å². The number of amides is 1. The van der Waals surface area contributed by atoms with Gasteiger partial charge in [0.25, 0.3) is 0 Å². The molecular weight excluding hydrogens is 435 g/mol. The van der Waals surface area contributed by atoms with Crippen LogP contribution in [0.1, 0.15) is 45.6 Å². The Morgan fingerprint density at radius 3 is 2.45 bits per heavy atom. The van der Waals surface area contributed by atoms with Gasteiger partial charge in [0.15, 0.2) is 0 Å². The summed E-state index contributed by atoms with van der Waals surface area (Å²) in [6, 6.07) is 2.15. The summed E-state index contributed by atoms with van der Waals surface area (Å²) in [4.78, 5) is 21.9. The van der Waals surface area contributed by atoms with Gasteiger partial charge < -0.3 is 20.3 Å². The number of ether oxygens (including phenoxy) is 1. The lowest BCUT2D eigenvalue weighted by Gasteiger charge is -2.38. The standard InChI is InChI=1S/C23H34F3N5O2/c1-22(2,3)33-21(32)31-11-7-18(8-12-31)29(4)19-13-17(14-28-20(19)27)16-5-9-30(10-6-16)15-23(24,25)26/h5,13-14,18H,6-12,15H2,1-4H3,(H2,27,28). The van der Waals surface area contributed by atoms with E-state index in [0.29, 0.717) is 31.9 Å². The molecule has 0 spiro atoms. The third-order valence-electron chi connectivity index (χ3n) is 6.01. The molecule has 0 unspecified atom stereocenters. The number of carbonyl (C=O) groups is 1. The van der Waals surface area contributed by atoms with Crippen LogP contribution in [0, 0.1) is 0 Å². The third-order valence-corrected chi connectivity index (χ3v) is 6.01. The van der Waals surface area contributed by atoms with Gasteiger partial charge in [0.2, 0.25) is 0 Å². The first kappa shape index (κ1) is 25.1. The number of rotatable bonds is 4. The van der Waals surface area contributed by atoms with Gasteiger partial charge in [-0.1, -0.05) is 6.08 Å². The molecule has 1 fully saturated rings. The molecule has 0 bridgehead atoms. The van der Waals surface area contributed by atoms with Crippen LogP contribution < -0.4 is 10.6 Å². The average molecular weight is 470 g/mol. The van der Waals surface area contributed by atoms with Crippen LogP contribution >= 0.6 is 0 Å². The number of likely N-dealkylation sites (tertiary alicyclic amines) is 1. The summed E-state index contributed by atoms with van der Waals surface area (Å²) in [5.41, 5.74) is 8.30. The van der Waals surface area contributed by atoms with Crippen LogP contribution in [0.15, 0.2) is 18.3 Å². The molecule has 10 heteroatoms. The van der Waals surface area contributed by atoms with Gasteiger partial charge in [-0.15, -0.1) is 0 Å². The van der Waals surface area contributed by atoms with Crippen molar-refractivity contribution in [3.63, 3.8) is 0 Å². The minimum atomic E-state index is -4.19. The second-order valence-corrected chi connectivity index (χ2v) is 9.77. The summed E-state index contributed by atoms with van der Waals surface area (Å²) in [5.74, 6) is 0.408. The molecule has 184 valence electrons. The Labute approximate surface area is 193 Å². The highest BCUT2D eigenvalue weighted by atomic mass is 19.4. The van der Waals surface area contributed by atoms with Crippen molar-refractivity contribution in [3.8, 4) is 0 Å². The lowest BCUT2D eigenvalue weighted by molar-refractivity contribution is -0.144. The lowest BCUT2D eigenvalue weighted by atomic mass is 9.99. The van der Waals surface area contributed by atoms with Crippen molar-refractivity contribution in [2.45, 2.75) is 57.9 Å². The number of piperidine rings is 1. The maximum absolute atomic E-state index is 12.6. The zero-order chi connectivity index (χ0) is 24.4. The van der Waals surface area contributed by atoms with Crippen molar-refractivity contribution in [3.05, 3.63) is 23.9 Å². The van der Waals surface area contributed by atoms with Crippen molar-refractivity contribution in [2.24, 2.45) is 0 Å². The minimum absolute atomic E-state index is 0.186. The number of hydrogen-bond donors (Lipinski definition) is 1. The van der Waals surface area contributed by atoms with Crippen LogP contribution in [0.2, 0.25) is 0 Å². The molecule has 2 aliphatic heterocycles. The van der Waals surface area contributed by atoms with Gasteiger partial charge in [-0.05, 0) is 57.2 Å². The molecule has 33 heavy (non-hydrogen) atoms. The highest BCUT2D eigenvalue weighted by molar-refractivity contribution is 5.74. The highest BCUT2D eigenvalue weighted by Crippen LogP contribution is 2.31. The van der Waals surface area contributed by atoms with E-state index in [-0.39, 0.29) is 18.7 Å². The Hall–Kier alpha value is -2.49. The Morgan fingerprint density at radius 1 is 1.24 bits per heavy atom. The maximum Gasteiger partial charge on any atom is 0.410 e. The third kappa shape index (κ3) is 6.99. The van der Waals surface area contributed by atoms with Crippen molar-refractivity contribution in [1.29, 1.82) is 0 Å². The summed E-state index contributed by atoms with van der Waals surface area (Å²) in [6.07, 6.45) is 1.11. The smallest absolute Gasteiger partial charge is 0.410 e. The first-order valence-corrected chi connectivity index (χ1v) is 11.3. The van der Waals surface area contributed by atoms with E-state index in [0.717, 1.165) is 29.7 Å². The molecule has 1 aromatic heterocycles. The molecule has 3 heterocycles. The first-order chi connectivity index (χ1) is 15.3. The van der Waals surface area contributed by atoms with E-state index in [2.05, 4.69) is 9.88 Å². The number of nitrogens with zero attached hydrogens (tertiary/aromatic N) is 4. The summed E-state index contributed by atoms with van der Waals surface area (Å²) >= 11 is 0. The van der Waals surface area contributed by atoms with Gasteiger partial charge in [0, 0.05) is 45.5 Å². The topological polar surface area (TPSA) is 74.9 Å². The number of pyridine rings is 1. The SMILES string of the molecule is CN(c1cc(C2=CCN(CC(F)(F)F)CC2)cnc1N)C1CCN(C(=O)OC(C)(C)C)CC1. The number of alkyl halides is 3. The van der Waals surface area contributed by atoms with E-state index < -0.39 is 18.3 Å². The van der Waals surface area contributed by atoms with Gasteiger partial charge in [0.05, 0.1) is 12.2 Å². The molecule has 0 atom stereocenters. The fraction of sp³-hybridized carbons (Fsp3) is 0.652. The summed E-state index contributed by atoms with van der Waals surface area (Å²) in [6.45, 7) is 6.45. The fourth-order valence-corrected chi connectivity index (χ4v) is 4.25. The van der Waals surface area contributed by atoms with E-state index >= 15 is 0 Å². The predicted octanol–water partition coefficient (Wildman–Crippen LogP) is 4.15. The molecule has 1 saturated heterocycles. The molecule has 7 nitrogen and oxygen atoms in total. The van der Waals surface area contributed by atoms with Crippen molar-refractivity contribution < 1.29 is 22.7 Å². The molecule has 0 saturated carbocycles. The second kappa shape index (κ2) is 9.79. The molecule has 0 radical (unpaired) electrons. The number of nitrogen functional groups attached to an aromatic ring is 1. The summed E-state index contributed by atoms with van der Waals surface area (Å²) in [5, 5.41) is 0. The van der Waals surface area contributed by atoms with Crippen LogP contribution in [0.4, 0.5) is 29.5 Å². The Kier molecular flexibility index (Phi) is 7.45. The van der Waals surface area contributed by atoms with E-state index in [1.54, 1.807) is 11.1 Å². The molecule has 0 aromatic carbocycles. The lowest BCUT2D eigenvalue weighted by Crippen LogP contribution is -2.47. The minimum Gasteiger partial charge on any atom is -0.444 e. The van der Waals surface area contributed by atoms with Gasteiger partial charge in [0.1, 0.15) is 11.4 Å². The van der Waals surface area contributed by atoms with Crippen molar-refractivity contribution in [2.75, 3.05) is 50.4 Å². The number of carbonyl (C=O) groups excluding carboxylic acids is 1. The maximum atomic E-state index is 12.6. The number of hydrogen-bond acceptors (Lipinski definition) is 6. The molecule has 1 amide bonds. The number of anilines is 2. The predicted molar refractivity (Wildman–Crippen MR) is 123 cm³/mol. The van der Waals surface area contributed by atoms with Gasteiger partial charge >= 0.3 is 12.3 Å². The van der Waals surface area contributed by atoms with E-state index in [9.17, 15) is 18.0 Å². The number of nitrogens with two attached hydrogens (primary N) is 1. The van der Waals surface area contributed by atoms with Gasteiger partial charge in [-0.25, -0.2) is 9.78 Å². The second-order valence-electron chi connectivity index (χ2n) is 9.77. The monoisotopic (exact) mass is 469 g/mol. The first-order valence-electron chi connectivity index (χ1n) is 11.3. The zero-order valence-electron chi connectivity index (χ0n) is 19.8. The van der Waals surface area contributed by atoms with Crippen LogP contribution in [0.5, 0.6) is 0 Å². The van der Waals surface area contributed by atoms with Crippen LogP contribution in [-0.2, 0) is 4.74 Å². The van der Waals surface area contributed by atoms with Crippen molar-refractivity contribution in [1.82, 2.24) is 14.8 Å². The normalized spacial score (nSPS) is 18.8. The molecule has 1 aromatic rings. The molecular formula is C23H34F3N5O2. The Morgan fingerprint density at radius 2 is 1.91 bits per heavy atom. The van der Waals surface area contributed by atoms with Crippen LogP contribution in [0.25, 0.3) is 5.57 Å². The largest absolute Gasteiger partial charge is 0.444 e. The number of halogens is 3. The van der Waals surface area contributed by atoms with Gasteiger partial charge in [-0.3, -0.25) is 4.90 Å². The summed E-state index contributed by atoms with van der Waals surface area (Å²) < 4.78 is 43.4. The molecule has 3 rings (SSSR count). The molecule has 0 aliphatic carbocycles. The van der Waals surface area contributed by atoms with Crippen LogP contribution in [-0.4, -0.2) is 78.5 Å². The van der Waals surface area contributed by atoms with Crippen LogP contribution in [0.3, 0.4) is 0 Å². The fourth-order valence-electron chi connectivity index (χ4n) is 4.25. The quantitative estimate of drug-likeness (QED) is 0.714. The van der Waals surface area contributed by atoms with E-state index in [1.807, 2.05) is 40.0 Å². The zero-order valence-corrected chi connectivity index (χ0v) is 19.8. The average Bonchev–Trinajstić information content (AvgIpc) is 2.72. The van der Waals surface area contributed by atoms with E-state index in [1.165, 1.54) is 4.90 Å². The Balaban J connectivity index is 1.64. The van der Waals surface area contributed by atoms with Crippen molar-refractivity contribution >= 4 is 23.2 Å². The Bertz CT molecular complexity index is 874. The molecule has 2 N–H and O–H groups in total. The molecule has 2 aliphatic rings. The highest BCUT2D eigenvalue weighted by Gasteiger charge is 2.32. The number of aromatic nitrogens is 1.